The molecule has 1 aliphatic heterocycles. The number of nitrogens with one attached hydrogen (secondary N) is 2. The highest BCUT2D eigenvalue weighted by Crippen LogP contribution is 2.34. The molecule has 1 saturated heterocycles. The summed E-state index contributed by atoms with van der Waals surface area (Å²) in [5.74, 6) is 1.45. The lowest BCUT2D eigenvalue weighted by Gasteiger charge is -2.24. The van der Waals surface area contributed by atoms with Crippen molar-refractivity contribution in [2.45, 2.75) is 51.1 Å². The number of methoxy groups -OCH3 is 1. The van der Waals surface area contributed by atoms with Gasteiger partial charge in [0.15, 0.2) is 0 Å². The largest absolute Gasteiger partial charge is 0.495 e. The molecule has 0 aromatic heterocycles. The third kappa shape index (κ3) is 3.05. The number of benzene rings is 1. The van der Waals surface area contributed by atoms with Crippen LogP contribution < -0.4 is 15.4 Å². The maximum atomic E-state index is 12.5. The summed E-state index contributed by atoms with van der Waals surface area (Å²) in [5, 5.41) is 6.54. The topological polar surface area (TPSA) is 50.4 Å². The van der Waals surface area contributed by atoms with Crippen molar-refractivity contribution in [3.63, 3.8) is 0 Å². The number of hydrogen-bond acceptors (Lipinski definition) is 3. The van der Waals surface area contributed by atoms with Crippen LogP contribution in [-0.4, -0.2) is 25.1 Å². The number of hydrogen-bond donors (Lipinski definition) is 2. The van der Waals surface area contributed by atoms with Crippen molar-refractivity contribution in [3.05, 3.63) is 23.8 Å². The molecule has 2 N–H and O–H groups in total. The van der Waals surface area contributed by atoms with E-state index in [9.17, 15) is 4.79 Å². The molecule has 1 aromatic rings. The van der Waals surface area contributed by atoms with Crippen LogP contribution in [0.2, 0.25) is 0 Å². The molecule has 1 heterocycles. The average Bonchev–Trinajstić information content (AvgIpc) is 2.91. The van der Waals surface area contributed by atoms with Crippen LogP contribution >= 0.6 is 0 Å². The molecule has 0 bridgehead atoms. The molecular formula is C17H24N2O2. The van der Waals surface area contributed by atoms with Gasteiger partial charge in [-0.05, 0) is 49.8 Å². The SMILES string of the molecule is COc1ccc(C)cc1NC(=O)C1CC2CCCCC2N1. The zero-order chi connectivity index (χ0) is 14.8. The Morgan fingerprint density at radius 2 is 2.14 bits per heavy atom. The molecule has 4 heteroatoms. The van der Waals surface area contributed by atoms with E-state index in [-0.39, 0.29) is 11.9 Å². The highest BCUT2D eigenvalue weighted by atomic mass is 16.5. The van der Waals surface area contributed by atoms with Crippen molar-refractivity contribution in [3.8, 4) is 5.75 Å². The zero-order valence-corrected chi connectivity index (χ0v) is 12.8. The van der Waals surface area contributed by atoms with E-state index in [2.05, 4.69) is 10.6 Å². The summed E-state index contributed by atoms with van der Waals surface area (Å²) in [7, 11) is 1.63. The molecule has 2 fully saturated rings. The van der Waals surface area contributed by atoms with Crippen LogP contribution in [0.1, 0.15) is 37.7 Å². The first-order chi connectivity index (χ1) is 10.2. The van der Waals surface area contributed by atoms with Gasteiger partial charge in [0.1, 0.15) is 5.75 Å². The molecule has 0 spiro atoms. The number of rotatable bonds is 3. The predicted octanol–water partition coefficient (Wildman–Crippen LogP) is 2.86. The number of ether oxygens (including phenoxy) is 1. The average molecular weight is 288 g/mol. The molecule has 1 amide bonds. The Morgan fingerprint density at radius 3 is 2.90 bits per heavy atom. The molecule has 4 nitrogen and oxygen atoms in total. The summed E-state index contributed by atoms with van der Waals surface area (Å²) in [6, 6.07) is 6.31. The lowest BCUT2D eigenvalue weighted by Crippen LogP contribution is -2.39. The minimum Gasteiger partial charge on any atom is -0.495 e. The molecule has 1 aromatic carbocycles. The van der Waals surface area contributed by atoms with Crippen molar-refractivity contribution < 1.29 is 9.53 Å². The second kappa shape index (κ2) is 6.06. The van der Waals surface area contributed by atoms with Gasteiger partial charge in [-0.1, -0.05) is 18.9 Å². The van der Waals surface area contributed by atoms with Crippen LogP contribution in [0.25, 0.3) is 0 Å². The smallest absolute Gasteiger partial charge is 0.241 e. The molecule has 3 unspecified atom stereocenters. The quantitative estimate of drug-likeness (QED) is 0.899. The van der Waals surface area contributed by atoms with Crippen LogP contribution in [-0.2, 0) is 4.79 Å². The maximum Gasteiger partial charge on any atom is 0.241 e. The Bertz CT molecular complexity index is 516. The zero-order valence-electron chi connectivity index (χ0n) is 12.8. The van der Waals surface area contributed by atoms with Gasteiger partial charge < -0.3 is 15.4 Å². The fourth-order valence-electron chi connectivity index (χ4n) is 3.66. The van der Waals surface area contributed by atoms with Crippen molar-refractivity contribution in [2.24, 2.45) is 5.92 Å². The van der Waals surface area contributed by atoms with Crippen LogP contribution in [0.15, 0.2) is 18.2 Å². The van der Waals surface area contributed by atoms with Crippen LogP contribution in [0.4, 0.5) is 5.69 Å². The van der Waals surface area contributed by atoms with Gasteiger partial charge in [0.05, 0.1) is 18.8 Å². The summed E-state index contributed by atoms with van der Waals surface area (Å²) in [6.07, 6.45) is 6.03. The third-order valence-electron chi connectivity index (χ3n) is 4.79. The highest BCUT2D eigenvalue weighted by molar-refractivity contribution is 5.96. The summed E-state index contributed by atoms with van der Waals surface area (Å²) < 4.78 is 5.32. The second-order valence-corrected chi connectivity index (χ2v) is 6.30. The molecule has 0 radical (unpaired) electrons. The minimum atomic E-state index is -0.0664. The molecule has 21 heavy (non-hydrogen) atoms. The van der Waals surface area contributed by atoms with Gasteiger partial charge in [0, 0.05) is 6.04 Å². The van der Waals surface area contributed by atoms with Gasteiger partial charge >= 0.3 is 0 Å². The van der Waals surface area contributed by atoms with Crippen molar-refractivity contribution in [1.29, 1.82) is 0 Å². The van der Waals surface area contributed by atoms with Gasteiger partial charge in [-0.2, -0.15) is 0 Å². The lowest BCUT2D eigenvalue weighted by molar-refractivity contribution is -0.117. The van der Waals surface area contributed by atoms with Crippen molar-refractivity contribution in [2.75, 3.05) is 12.4 Å². The van der Waals surface area contributed by atoms with Crippen molar-refractivity contribution in [1.82, 2.24) is 5.32 Å². The first kappa shape index (κ1) is 14.4. The second-order valence-electron chi connectivity index (χ2n) is 6.30. The third-order valence-corrected chi connectivity index (χ3v) is 4.79. The Labute approximate surface area is 126 Å². The number of amides is 1. The van der Waals surface area contributed by atoms with Crippen LogP contribution in [0.3, 0.4) is 0 Å². The number of carbonyl (C=O) groups excluding carboxylic acids is 1. The molecule has 3 atom stereocenters. The van der Waals surface area contributed by atoms with Crippen molar-refractivity contribution >= 4 is 11.6 Å². The molecule has 1 saturated carbocycles. The van der Waals surface area contributed by atoms with E-state index in [4.69, 9.17) is 4.74 Å². The Hall–Kier alpha value is -1.55. The van der Waals surface area contributed by atoms with E-state index >= 15 is 0 Å². The minimum absolute atomic E-state index is 0.0632. The standard InChI is InChI=1S/C17H24N2O2/c1-11-7-8-16(21-2)14(9-11)19-17(20)15-10-12-5-3-4-6-13(12)18-15/h7-9,12-13,15,18H,3-6,10H2,1-2H3,(H,19,20). The summed E-state index contributed by atoms with van der Waals surface area (Å²) in [4.78, 5) is 12.5. The van der Waals surface area contributed by atoms with E-state index < -0.39 is 0 Å². The fourth-order valence-corrected chi connectivity index (χ4v) is 3.66. The van der Waals surface area contributed by atoms with Gasteiger partial charge in [0.25, 0.3) is 0 Å². The Morgan fingerprint density at radius 1 is 1.33 bits per heavy atom. The Kier molecular flexibility index (Phi) is 4.15. The number of anilines is 1. The van der Waals surface area contributed by atoms with Gasteiger partial charge in [-0.3, -0.25) is 4.79 Å². The molecule has 114 valence electrons. The summed E-state index contributed by atoms with van der Waals surface area (Å²) in [6.45, 7) is 2.01. The summed E-state index contributed by atoms with van der Waals surface area (Å²) in [5.41, 5.74) is 1.87. The molecule has 2 aliphatic rings. The molecule has 3 rings (SSSR count). The summed E-state index contributed by atoms with van der Waals surface area (Å²) >= 11 is 0. The number of carbonyl (C=O) groups is 1. The normalized spacial score (nSPS) is 28.0. The highest BCUT2D eigenvalue weighted by Gasteiger charge is 2.38. The van der Waals surface area contributed by atoms with Gasteiger partial charge in [0.2, 0.25) is 5.91 Å². The maximum absolute atomic E-state index is 12.5. The molecule has 1 aliphatic carbocycles. The van der Waals surface area contributed by atoms with E-state index in [1.807, 2.05) is 25.1 Å². The first-order valence-electron chi connectivity index (χ1n) is 7.89. The predicted molar refractivity (Wildman–Crippen MR) is 83.6 cm³/mol. The van der Waals surface area contributed by atoms with E-state index in [0.29, 0.717) is 17.7 Å². The Balaban J connectivity index is 1.68. The number of aryl methyl sites for hydroxylation is 1. The first-order valence-corrected chi connectivity index (χ1v) is 7.89. The van der Waals surface area contributed by atoms with E-state index in [1.54, 1.807) is 7.11 Å². The number of fused-ring (bicyclic) bond motifs is 1. The lowest BCUT2D eigenvalue weighted by atomic mass is 9.85. The van der Waals surface area contributed by atoms with Gasteiger partial charge in [-0.25, -0.2) is 0 Å². The van der Waals surface area contributed by atoms with Crippen LogP contribution in [0, 0.1) is 12.8 Å². The fraction of sp³-hybridized carbons (Fsp3) is 0.588. The van der Waals surface area contributed by atoms with E-state index in [0.717, 1.165) is 17.7 Å². The van der Waals surface area contributed by atoms with Crippen LogP contribution in [0.5, 0.6) is 5.75 Å². The molecular weight excluding hydrogens is 264 g/mol. The van der Waals surface area contributed by atoms with Gasteiger partial charge in [-0.15, -0.1) is 0 Å². The monoisotopic (exact) mass is 288 g/mol. The van der Waals surface area contributed by atoms with E-state index in [1.165, 1.54) is 25.7 Å².